The minimum Gasteiger partial charge on any atom is -0.465 e. The van der Waals surface area contributed by atoms with Crippen molar-refractivity contribution in [3.05, 3.63) is 54.2 Å². The van der Waals surface area contributed by atoms with Crippen molar-refractivity contribution in [2.45, 2.75) is 0 Å². The second-order valence-electron chi connectivity index (χ2n) is 6.44. The molecule has 0 atom stereocenters. The molecule has 1 aromatic carbocycles. The molecule has 3 rings (SSSR count). The minimum absolute atomic E-state index is 0.141. The van der Waals surface area contributed by atoms with Gasteiger partial charge in [0.15, 0.2) is 0 Å². The Morgan fingerprint density at radius 1 is 1.03 bits per heavy atom. The van der Waals surface area contributed by atoms with Gasteiger partial charge in [0.05, 0.1) is 19.2 Å². The Kier molecular flexibility index (Phi) is 6.62. The lowest BCUT2D eigenvalue weighted by molar-refractivity contribution is -0.115. The van der Waals surface area contributed by atoms with Crippen LogP contribution in [0.2, 0.25) is 0 Å². The van der Waals surface area contributed by atoms with Crippen LogP contribution in [0, 0.1) is 0 Å². The zero-order chi connectivity index (χ0) is 20.6. The lowest BCUT2D eigenvalue weighted by Crippen LogP contribution is -2.52. The van der Waals surface area contributed by atoms with Gasteiger partial charge in [-0.1, -0.05) is 6.07 Å². The maximum atomic E-state index is 12.3. The second-order valence-corrected chi connectivity index (χ2v) is 6.44. The van der Waals surface area contributed by atoms with E-state index in [2.05, 4.69) is 25.3 Å². The molecule has 9 nitrogen and oxygen atoms in total. The quantitative estimate of drug-likeness (QED) is 0.738. The van der Waals surface area contributed by atoms with Gasteiger partial charge in [-0.3, -0.25) is 4.79 Å². The summed E-state index contributed by atoms with van der Waals surface area (Å²) in [4.78, 5) is 43.9. The Hall–Kier alpha value is -3.62. The smallest absolute Gasteiger partial charge is 0.337 e. The average Bonchev–Trinajstić information content (AvgIpc) is 2.78. The number of carbonyl (C=O) groups excluding carboxylic acids is 3. The summed E-state index contributed by atoms with van der Waals surface area (Å²) in [7, 11) is 1.30. The number of nitrogens with one attached hydrogen (secondary N) is 2. The standard InChI is InChI=1S/C20H23N5O4/c1-29-19(27)15-5-7-16(8-6-15)23-18(26)14-22-20(28)25-12-10-24(11-13-25)17-4-2-3-9-21-17/h2-9H,10-14H2,1H3,(H,22,28)(H,23,26). The highest BCUT2D eigenvalue weighted by Crippen LogP contribution is 2.13. The van der Waals surface area contributed by atoms with Gasteiger partial charge in [-0.25, -0.2) is 14.6 Å². The summed E-state index contributed by atoms with van der Waals surface area (Å²) in [6.07, 6.45) is 1.75. The maximum Gasteiger partial charge on any atom is 0.337 e. The molecule has 0 spiro atoms. The van der Waals surface area contributed by atoms with Crippen LogP contribution in [0.3, 0.4) is 0 Å². The Balaban J connectivity index is 1.41. The predicted octanol–water partition coefficient (Wildman–Crippen LogP) is 1.34. The SMILES string of the molecule is COC(=O)c1ccc(NC(=O)CNC(=O)N2CCN(c3ccccn3)CC2)cc1. The van der Waals surface area contributed by atoms with Gasteiger partial charge < -0.3 is 25.2 Å². The first-order valence-corrected chi connectivity index (χ1v) is 9.24. The van der Waals surface area contributed by atoms with Crippen molar-refractivity contribution < 1.29 is 19.1 Å². The Bertz CT molecular complexity index is 849. The lowest BCUT2D eigenvalue weighted by atomic mass is 10.2. The molecule has 0 bridgehead atoms. The molecule has 3 amide bonds. The van der Waals surface area contributed by atoms with Crippen LogP contribution < -0.4 is 15.5 Å². The summed E-state index contributed by atoms with van der Waals surface area (Å²) in [5.74, 6) is 0.0970. The molecule has 0 unspecified atom stereocenters. The fraction of sp³-hybridized carbons (Fsp3) is 0.300. The summed E-state index contributed by atoms with van der Waals surface area (Å²) < 4.78 is 4.63. The van der Waals surface area contributed by atoms with Crippen LogP contribution in [0.5, 0.6) is 0 Å². The first kappa shape index (κ1) is 20.1. The van der Waals surface area contributed by atoms with E-state index in [1.54, 1.807) is 35.4 Å². The molecule has 2 N–H and O–H groups in total. The Morgan fingerprint density at radius 3 is 2.38 bits per heavy atom. The van der Waals surface area contributed by atoms with Crippen molar-refractivity contribution in [1.82, 2.24) is 15.2 Å². The summed E-state index contributed by atoms with van der Waals surface area (Å²) in [6, 6.07) is 11.8. The van der Waals surface area contributed by atoms with E-state index in [4.69, 9.17) is 0 Å². The zero-order valence-corrected chi connectivity index (χ0v) is 16.1. The van der Waals surface area contributed by atoms with Crippen molar-refractivity contribution in [3.63, 3.8) is 0 Å². The van der Waals surface area contributed by atoms with Crippen LogP contribution in [0.25, 0.3) is 0 Å². The van der Waals surface area contributed by atoms with Gasteiger partial charge in [0, 0.05) is 38.1 Å². The molecule has 0 saturated carbocycles. The number of hydrogen-bond acceptors (Lipinski definition) is 6. The molecule has 0 radical (unpaired) electrons. The number of carbonyl (C=O) groups is 3. The maximum absolute atomic E-state index is 12.3. The largest absolute Gasteiger partial charge is 0.465 e. The van der Waals surface area contributed by atoms with Gasteiger partial charge in [0.2, 0.25) is 5.91 Å². The third-order valence-corrected chi connectivity index (χ3v) is 4.53. The van der Waals surface area contributed by atoms with E-state index in [9.17, 15) is 14.4 Å². The van der Waals surface area contributed by atoms with Crippen LogP contribution in [0.4, 0.5) is 16.3 Å². The molecule has 1 fully saturated rings. The summed E-state index contributed by atoms with van der Waals surface area (Å²) in [6.45, 7) is 2.34. The summed E-state index contributed by atoms with van der Waals surface area (Å²) in [5.41, 5.74) is 0.921. The van der Waals surface area contributed by atoms with E-state index in [1.165, 1.54) is 7.11 Å². The molecule has 9 heteroatoms. The number of ether oxygens (including phenoxy) is 1. The minimum atomic E-state index is -0.446. The van der Waals surface area contributed by atoms with Crippen LogP contribution in [0.15, 0.2) is 48.7 Å². The number of urea groups is 1. The number of piperazine rings is 1. The van der Waals surface area contributed by atoms with Gasteiger partial charge in [0.25, 0.3) is 0 Å². The normalized spacial score (nSPS) is 13.6. The van der Waals surface area contributed by atoms with Crippen molar-refractivity contribution in [2.24, 2.45) is 0 Å². The Labute approximate surface area is 168 Å². The van der Waals surface area contributed by atoms with Gasteiger partial charge in [-0.05, 0) is 36.4 Å². The number of rotatable bonds is 5. The molecule has 1 aliphatic rings. The summed E-state index contributed by atoms with van der Waals surface area (Å²) >= 11 is 0. The number of anilines is 2. The highest BCUT2D eigenvalue weighted by molar-refractivity contribution is 5.95. The third kappa shape index (κ3) is 5.44. The fourth-order valence-corrected chi connectivity index (χ4v) is 2.96. The van der Waals surface area contributed by atoms with Gasteiger partial charge >= 0.3 is 12.0 Å². The number of hydrogen-bond donors (Lipinski definition) is 2. The monoisotopic (exact) mass is 397 g/mol. The van der Waals surface area contributed by atoms with Gasteiger partial charge in [0.1, 0.15) is 5.82 Å². The van der Waals surface area contributed by atoms with Crippen LogP contribution in [0.1, 0.15) is 10.4 Å². The first-order chi connectivity index (χ1) is 14.1. The van der Waals surface area contributed by atoms with Crippen LogP contribution >= 0.6 is 0 Å². The topological polar surface area (TPSA) is 104 Å². The lowest BCUT2D eigenvalue weighted by Gasteiger charge is -2.35. The average molecular weight is 397 g/mol. The van der Waals surface area contributed by atoms with E-state index in [0.717, 1.165) is 5.82 Å². The molecule has 1 saturated heterocycles. The number of amides is 3. The molecule has 29 heavy (non-hydrogen) atoms. The fourth-order valence-electron chi connectivity index (χ4n) is 2.96. The predicted molar refractivity (Wildman–Crippen MR) is 108 cm³/mol. The van der Waals surface area contributed by atoms with Crippen molar-refractivity contribution in [2.75, 3.05) is 50.1 Å². The molecule has 2 heterocycles. The number of nitrogens with zero attached hydrogens (tertiary/aromatic N) is 3. The first-order valence-electron chi connectivity index (χ1n) is 9.24. The Morgan fingerprint density at radius 2 is 1.76 bits per heavy atom. The van der Waals surface area contributed by atoms with E-state index < -0.39 is 5.97 Å². The van der Waals surface area contributed by atoms with Gasteiger partial charge in [-0.15, -0.1) is 0 Å². The number of esters is 1. The highest BCUT2D eigenvalue weighted by atomic mass is 16.5. The van der Waals surface area contributed by atoms with Crippen molar-refractivity contribution in [3.8, 4) is 0 Å². The molecule has 2 aromatic rings. The van der Waals surface area contributed by atoms with Crippen molar-refractivity contribution >= 4 is 29.4 Å². The van der Waals surface area contributed by atoms with Crippen LogP contribution in [-0.4, -0.2) is 67.6 Å². The molecular weight excluding hydrogens is 374 g/mol. The molecule has 152 valence electrons. The van der Waals surface area contributed by atoms with E-state index in [1.807, 2.05) is 18.2 Å². The zero-order valence-electron chi connectivity index (χ0n) is 16.1. The third-order valence-electron chi connectivity index (χ3n) is 4.53. The second kappa shape index (κ2) is 9.54. The highest BCUT2D eigenvalue weighted by Gasteiger charge is 2.22. The number of benzene rings is 1. The molecular formula is C20H23N5O4. The van der Waals surface area contributed by atoms with E-state index >= 15 is 0 Å². The van der Waals surface area contributed by atoms with Gasteiger partial charge in [-0.2, -0.15) is 0 Å². The molecule has 1 aliphatic heterocycles. The molecule has 1 aromatic heterocycles. The van der Waals surface area contributed by atoms with Crippen molar-refractivity contribution in [1.29, 1.82) is 0 Å². The number of aromatic nitrogens is 1. The van der Waals surface area contributed by atoms with E-state index in [-0.39, 0.29) is 18.5 Å². The number of pyridine rings is 1. The van der Waals surface area contributed by atoms with E-state index in [0.29, 0.717) is 37.4 Å². The summed E-state index contributed by atoms with van der Waals surface area (Å²) in [5, 5.41) is 5.30. The number of methoxy groups -OCH3 is 1. The van der Waals surface area contributed by atoms with Crippen LogP contribution in [-0.2, 0) is 9.53 Å². The molecule has 0 aliphatic carbocycles.